The minimum absolute atomic E-state index is 0.116. The van der Waals surface area contributed by atoms with Gasteiger partial charge in [0.25, 0.3) is 0 Å². The lowest BCUT2D eigenvalue weighted by Gasteiger charge is -2.28. The number of nitrogens with one attached hydrogen (secondary N) is 1. The number of nitrogens with zero attached hydrogens (tertiary/aromatic N) is 2. The number of likely N-dealkylation sites (tertiary alicyclic amines) is 1. The second-order valence-electron chi connectivity index (χ2n) is 5.40. The second kappa shape index (κ2) is 6.55. The summed E-state index contributed by atoms with van der Waals surface area (Å²) in [6.45, 7) is 5.26. The average molecular weight is 289 g/mol. The number of amides is 1. The van der Waals surface area contributed by atoms with Crippen LogP contribution in [0.1, 0.15) is 29.7 Å². The van der Waals surface area contributed by atoms with Crippen LogP contribution in [-0.2, 0) is 9.59 Å². The molecule has 0 bridgehead atoms. The summed E-state index contributed by atoms with van der Waals surface area (Å²) in [5.41, 5.74) is 1.13. The fourth-order valence-corrected chi connectivity index (χ4v) is 2.47. The highest BCUT2D eigenvalue weighted by atomic mass is 16.4. The molecule has 1 amide bonds. The largest absolute Gasteiger partial charge is 0.444 e. The number of piperidine rings is 1. The molecule has 1 aromatic heterocycles. The molecule has 2 rings (SSSR count). The van der Waals surface area contributed by atoms with Crippen LogP contribution in [0.5, 0.6) is 0 Å². The molecule has 1 fully saturated rings. The Hall–Kier alpha value is -2.13. The molecule has 0 unspecified atom stereocenters. The first-order valence-corrected chi connectivity index (χ1v) is 7.02. The molecule has 0 aromatic carbocycles. The van der Waals surface area contributed by atoms with Gasteiger partial charge in [0.05, 0.1) is 6.54 Å². The van der Waals surface area contributed by atoms with Crippen molar-refractivity contribution in [1.29, 1.82) is 5.26 Å². The molecule has 1 N–H and O–H groups in total. The summed E-state index contributed by atoms with van der Waals surface area (Å²) in [4.78, 5) is 24.7. The van der Waals surface area contributed by atoms with Crippen molar-refractivity contribution in [2.24, 2.45) is 5.92 Å². The van der Waals surface area contributed by atoms with E-state index in [0.29, 0.717) is 11.3 Å². The lowest BCUT2D eigenvalue weighted by atomic mass is 9.99. The molecule has 0 spiro atoms. The number of hydrogen-bond donors (Lipinski definition) is 1. The maximum absolute atomic E-state index is 12.0. The fraction of sp³-hybridized carbons (Fsp3) is 0.533. The van der Waals surface area contributed by atoms with Crippen LogP contribution in [0.3, 0.4) is 0 Å². The third-order valence-corrected chi connectivity index (χ3v) is 3.94. The van der Waals surface area contributed by atoms with Crippen molar-refractivity contribution in [3.05, 3.63) is 16.9 Å². The van der Waals surface area contributed by atoms with Gasteiger partial charge in [-0.05, 0) is 39.8 Å². The topological polar surface area (TPSA) is 86.3 Å². The Balaban J connectivity index is 1.92. The van der Waals surface area contributed by atoms with E-state index in [1.165, 1.54) is 0 Å². The van der Waals surface area contributed by atoms with Crippen molar-refractivity contribution in [1.82, 2.24) is 4.90 Å². The molecule has 112 valence electrons. The normalized spacial score (nSPS) is 16.4. The highest BCUT2D eigenvalue weighted by molar-refractivity contribution is 5.92. The smallest absolute Gasteiger partial charge is 0.240 e. The highest BCUT2D eigenvalue weighted by Crippen LogP contribution is 2.25. The summed E-state index contributed by atoms with van der Waals surface area (Å²) in [5, 5.41) is 11.8. The SMILES string of the molecule is Cc1oc(NC(=O)CN2CCC(C=O)CC2)c(C#N)c1C. The first-order chi connectivity index (χ1) is 10.0. The van der Waals surface area contributed by atoms with E-state index in [4.69, 9.17) is 9.68 Å². The van der Waals surface area contributed by atoms with E-state index in [1.807, 2.05) is 11.0 Å². The molecule has 2 heterocycles. The summed E-state index contributed by atoms with van der Waals surface area (Å²) in [7, 11) is 0. The van der Waals surface area contributed by atoms with E-state index in [1.54, 1.807) is 13.8 Å². The molecule has 6 nitrogen and oxygen atoms in total. The van der Waals surface area contributed by atoms with E-state index in [0.717, 1.165) is 37.8 Å². The highest BCUT2D eigenvalue weighted by Gasteiger charge is 2.22. The van der Waals surface area contributed by atoms with Crippen LogP contribution in [0.25, 0.3) is 0 Å². The summed E-state index contributed by atoms with van der Waals surface area (Å²) in [5.74, 6) is 0.767. The average Bonchev–Trinajstić information content (AvgIpc) is 2.73. The van der Waals surface area contributed by atoms with Crippen LogP contribution in [0, 0.1) is 31.1 Å². The summed E-state index contributed by atoms with van der Waals surface area (Å²) >= 11 is 0. The van der Waals surface area contributed by atoms with Crippen molar-refractivity contribution >= 4 is 18.1 Å². The molecule has 0 saturated carbocycles. The minimum Gasteiger partial charge on any atom is -0.444 e. The van der Waals surface area contributed by atoms with Gasteiger partial charge < -0.3 is 9.21 Å². The van der Waals surface area contributed by atoms with Crippen molar-refractivity contribution in [2.75, 3.05) is 25.0 Å². The van der Waals surface area contributed by atoms with Crippen molar-refractivity contribution < 1.29 is 14.0 Å². The Morgan fingerprint density at radius 2 is 2.14 bits per heavy atom. The van der Waals surface area contributed by atoms with Crippen molar-refractivity contribution in [3.8, 4) is 6.07 Å². The number of aryl methyl sites for hydroxylation is 1. The molecule has 0 radical (unpaired) electrons. The number of carbonyl (C=O) groups is 2. The summed E-state index contributed by atoms with van der Waals surface area (Å²) in [6, 6.07) is 2.05. The molecule has 1 saturated heterocycles. The first-order valence-electron chi connectivity index (χ1n) is 7.02. The van der Waals surface area contributed by atoms with Gasteiger partial charge in [0.1, 0.15) is 23.7 Å². The molecule has 1 aliphatic heterocycles. The predicted molar refractivity (Wildman–Crippen MR) is 76.8 cm³/mol. The molecule has 0 atom stereocenters. The van der Waals surface area contributed by atoms with E-state index in [2.05, 4.69) is 5.32 Å². The molecular weight excluding hydrogens is 270 g/mol. The van der Waals surface area contributed by atoms with Gasteiger partial charge in [0, 0.05) is 11.5 Å². The van der Waals surface area contributed by atoms with E-state index < -0.39 is 0 Å². The van der Waals surface area contributed by atoms with Gasteiger partial charge in [-0.15, -0.1) is 0 Å². The molecular formula is C15H19N3O3. The lowest BCUT2D eigenvalue weighted by Crippen LogP contribution is -2.39. The van der Waals surface area contributed by atoms with Crippen LogP contribution in [0.15, 0.2) is 4.42 Å². The van der Waals surface area contributed by atoms with Crippen LogP contribution in [-0.4, -0.2) is 36.7 Å². The number of rotatable bonds is 4. The van der Waals surface area contributed by atoms with Gasteiger partial charge in [-0.25, -0.2) is 0 Å². The van der Waals surface area contributed by atoms with Gasteiger partial charge in [-0.2, -0.15) is 5.26 Å². The molecule has 0 aliphatic carbocycles. The number of carbonyl (C=O) groups excluding carboxylic acids is 2. The quantitative estimate of drug-likeness (QED) is 0.851. The molecule has 1 aromatic rings. The Labute approximate surface area is 123 Å². The lowest BCUT2D eigenvalue weighted by molar-refractivity contribution is -0.118. The number of nitriles is 1. The zero-order chi connectivity index (χ0) is 15.4. The van der Waals surface area contributed by atoms with Gasteiger partial charge in [-0.1, -0.05) is 0 Å². The molecule has 6 heteroatoms. The Morgan fingerprint density at radius 3 is 2.71 bits per heavy atom. The van der Waals surface area contributed by atoms with E-state index in [9.17, 15) is 9.59 Å². The van der Waals surface area contributed by atoms with Gasteiger partial charge in [0.2, 0.25) is 11.8 Å². The maximum atomic E-state index is 12.0. The van der Waals surface area contributed by atoms with Crippen molar-refractivity contribution in [3.63, 3.8) is 0 Å². The number of hydrogen-bond acceptors (Lipinski definition) is 5. The number of furan rings is 1. The molecule has 1 aliphatic rings. The number of aldehydes is 1. The fourth-order valence-electron chi connectivity index (χ4n) is 2.47. The second-order valence-corrected chi connectivity index (χ2v) is 5.40. The van der Waals surface area contributed by atoms with Crippen LogP contribution in [0.2, 0.25) is 0 Å². The third-order valence-electron chi connectivity index (χ3n) is 3.94. The summed E-state index contributed by atoms with van der Waals surface area (Å²) in [6.07, 6.45) is 2.57. The van der Waals surface area contributed by atoms with Crippen molar-refractivity contribution in [2.45, 2.75) is 26.7 Å². The number of anilines is 1. The van der Waals surface area contributed by atoms with E-state index in [-0.39, 0.29) is 24.3 Å². The van der Waals surface area contributed by atoms with Crippen LogP contribution >= 0.6 is 0 Å². The van der Waals surface area contributed by atoms with Crippen LogP contribution in [0.4, 0.5) is 5.88 Å². The van der Waals surface area contributed by atoms with Gasteiger partial charge in [0.15, 0.2) is 0 Å². The monoisotopic (exact) mass is 289 g/mol. The minimum atomic E-state index is -0.204. The Bertz CT molecular complexity index is 578. The zero-order valence-corrected chi connectivity index (χ0v) is 12.3. The van der Waals surface area contributed by atoms with E-state index >= 15 is 0 Å². The Morgan fingerprint density at radius 1 is 1.48 bits per heavy atom. The van der Waals surface area contributed by atoms with Crippen LogP contribution < -0.4 is 5.32 Å². The Kier molecular flexibility index (Phi) is 4.76. The predicted octanol–water partition coefficient (Wildman–Crippen LogP) is 1.62. The summed E-state index contributed by atoms with van der Waals surface area (Å²) < 4.78 is 5.41. The van der Waals surface area contributed by atoms with Gasteiger partial charge >= 0.3 is 0 Å². The maximum Gasteiger partial charge on any atom is 0.240 e. The third kappa shape index (κ3) is 3.50. The van der Waals surface area contributed by atoms with Gasteiger partial charge in [-0.3, -0.25) is 15.0 Å². The first kappa shape index (κ1) is 15.3. The molecule has 21 heavy (non-hydrogen) atoms. The zero-order valence-electron chi connectivity index (χ0n) is 12.3. The standard InChI is InChI=1S/C15H19N3O3/c1-10-11(2)21-15(13(10)7-16)17-14(20)8-18-5-3-12(9-19)4-6-18/h9,12H,3-6,8H2,1-2H3,(H,17,20).